The van der Waals surface area contributed by atoms with Gasteiger partial charge in [-0.15, -0.1) is 0 Å². The molecule has 1 unspecified atom stereocenters. The number of benzene rings is 2. The van der Waals surface area contributed by atoms with Crippen LogP contribution in [0, 0.1) is 7.14 Å². The van der Waals surface area contributed by atoms with E-state index in [-0.39, 0.29) is 13.0 Å². The first-order chi connectivity index (χ1) is 15.0. The fourth-order valence-electron chi connectivity index (χ4n) is 2.67. The number of carbonyl (C=O) groups excluding carboxylic acids is 2. The van der Waals surface area contributed by atoms with Crippen molar-refractivity contribution in [3.8, 4) is 11.5 Å². The Morgan fingerprint density at radius 3 is 2.28 bits per heavy atom. The van der Waals surface area contributed by atoms with Crippen LogP contribution in [-0.2, 0) is 27.4 Å². The molecule has 0 bridgehead atoms. The number of halogens is 6. The lowest BCUT2D eigenvalue weighted by Crippen LogP contribution is -2.48. The molecule has 1 N–H and O–H groups in total. The van der Waals surface area contributed by atoms with Gasteiger partial charge < -0.3 is 19.5 Å². The molecule has 2 rings (SSSR count). The molecule has 0 saturated heterocycles. The van der Waals surface area contributed by atoms with Crippen molar-refractivity contribution in [1.82, 2.24) is 5.32 Å². The minimum Gasteiger partial charge on any atom is -0.496 e. The topological polar surface area (TPSA) is 73.9 Å². The zero-order valence-electron chi connectivity index (χ0n) is 16.7. The van der Waals surface area contributed by atoms with E-state index in [1.807, 2.05) is 45.2 Å². The van der Waals surface area contributed by atoms with E-state index < -0.39 is 24.1 Å². The van der Waals surface area contributed by atoms with Gasteiger partial charge in [0.15, 0.2) is 0 Å². The summed E-state index contributed by atoms with van der Waals surface area (Å²) in [5.41, 5.74) is 1.29. The van der Waals surface area contributed by atoms with Crippen LogP contribution in [0.3, 0.4) is 0 Å². The van der Waals surface area contributed by atoms with Gasteiger partial charge in [0.1, 0.15) is 24.1 Å². The Kier molecular flexibility index (Phi) is 9.69. The summed E-state index contributed by atoms with van der Waals surface area (Å²) in [5.74, 6) is -2.07. The number of esters is 1. The highest BCUT2D eigenvalue weighted by Crippen LogP contribution is 2.32. The summed E-state index contributed by atoms with van der Waals surface area (Å²) in [6.45, 7) is 0.193. The molecule has 0 saturated carbocycles. The third-order valence-electron chi connectivity index (χ3n) is 4.17. The fraction of sp³-hybridized carbons (Fsp3) is 0.300. The average molecular weight is 698 g/mol. The molecule has 2 aromatic rings. The van der Waals surface area contributed by atoms with Crippen LogP contribution in [0.5, 0.6) is 11.5 Å². The molecule has 12 heteroatoms. The first-order valence-corrected chi connectivity index (χ1v) is 11.4. The van der Waals surface area contributed by atoms with Crippen LogP contribution in [0.2, 0.25) is 5.02 Å². The number of alkyl halides is 3. The molecular formula is C20H17ClF3I2NO5. The van der Waals surface area contributed by atoms with Crippen molar-refractivity contribution in [3.05, 3.63) is 53.6 Å². The first kappa shape index (κ1) is 26.8. The van der Waals surface area contributed by atoms with Gasteiger partial charge in [0, 0.05) is 17.0 Å². The maximum Gasteiger partial charge on any atom is 0.471 e. The zero-order valence-corrected chi connectivity index (χ0v) is 21.8. The Morgan fingerprint density at radius 2 is 1.75 bits per heavy atom. The third kappa shape index (κ3) is 7.27. The predicted octanol–water partition coefficient (Wildman–Crippen LogP) is 4.90. The summed E-state index contributed by atoms with van der Waals surface area (Å²) in [5, 5.41) is 2.20. The molecule has 0 aliphatic carbocycles. The van der Waals surface area contributed by atoms with Gasteiger partial charge in [0.05, 0.1) is 21.4 Å². The number of methoxy groups -OCH3 is 2. The SMILES string of the molecule is COC(=O)C(Cc1cc(I)c(OCc2ccc(Cl)cc2OC)c(I)c1)NC(=O)C(F)(F)F. The Labute approximate surface area is 214 Å². The predicted molar refractivity (Wildman–Crippen MR) is 128 cm³/mol. The number of nitrogens with one attached hydrogen (secondary N) is 1. The molecule has 0 radical (unpaired) electrons. The van der Waals surface area contributed by atoms with Gasteiger partial charge in [0.2, 0.25) is 0 Å². The summed E-state index contributed by atoms with van der Waals surface area (Å²) >= 11 is 10.0. The van der Waals surface area contributed by atoms with Crippen molar-refractivity contribution in [1.29, 1.82) is 0 Å². The van der Waals surface area contributed by atoms with Crippen LogP contribution in [0.25, 0.3) is 0 Å². The van der Waals surface area contributed by atoms with Crippen LogP contribution < -0.4 is 14.8 Å². The van der Waals surface area contributed by atoms with Crippen LogP contribution in [0.15, 0.2) is 30.3 Å². The number of rotatable bonds is 8. The fourth-order valence-corrected chi connectivity index (χ4v) is 5.04. The van der Waals surface area contributed by atoms with Crippen molar-refractivity contribution in [2.45, 2.75) is 25.2 Å². The Balaban J connectivity index is 2.20. The van der Waals surface area contributed by atoms with Crippen molar-refractivity contribution in [3.63, 3.8) is 0 Å². The van der Waals surface area contributed by atoms with Crippen LogP contribution in [-0.4, -0.2) is 38.3 Å². The number of ether oxygens (including phenoxy) is 3. The van der Waals surface area contributed by atoms with Crippen LogP contribution in [0.1, 0.15) is 11.1 Å². The van der Waals surface area contributed by atoms with Crippen LogP contribution in [0.4, 0.5) is 13.2 Å². The van der Waals surface area contributed by atoms with Gasteiger partial charge in [-0.05, 0) is 75.0 Å². The number of hydrogen-bond acceptors (Lipinski definition) is 5. The largest absolute Gasteiger partial charge is 0.496 e. The second kappa shape index (κ2) is 11.6. The minimum atomic E-state index is -5.12. The highest BCUT2D eigenvalue weighted by atomic mass is 127. The second-order valence-electron chi connectivity index (χ2n) is 6.38. The summed E-state index contributed by atoms with van der Waals surface area (Å²) in [7, 11) is 2.55. The smallest absolute Gasteiger partial charge is 0.471 e. The number of hydrogen-bond donors (Lipinski definition) is 1. The van der Waals surface area contributed by atoms with E-state index in [1.54, 1.807) is 35.6 Å². The molecule has 0 aliphatic rings. The molecule has 0 aliphatic heterocycles. The lowest BCUT2D eigenvalue weighted by Gasteiger charge is -2.19. The van der Waals surface area contributed by atoms with Gasteiger partial charge in [-0.3, -0.25) is 4.79 Å². The molecule has 32 heavy (non-hydrogen) atoms. The van der Waals surface area contributed by atoms with Crippen molar-refractivity contribution in [2.75, 3.05) is 14.2 Å². The Hall–Kier alpha value is -1.48. The maximum absolute atomic E-state index is 12.6. The molecule has 0 aromatic heterocycles. The monoisotopic (exact) mass is 697 g/mol. The van der Waals surface area contributed by atoms with E-state index in [9.17, 15) is 22.8 Å². The van der Waals surface area contributed by atoms with Crippen LogP contribution >= 0.6 is 56.8 Å². The third-order valence-corrected chi connectivity index (χ3v) is 6.01. The normalized spacial score (nSPS) is 12.1. The maximum atomic E-state index is 12.6. The molecule has 0 fully saturated rings. The van der Waals surface area contributed by atoms with Crippen molar-refractivity contribution < 1.29 is 37.0 Å². The van der Waals surface area contributed by atoms with Crippen molar-refractivity contribution in [2.24, 2.45) is 0 Å². The lowest BCUT2D eigenvalue weighted by molar-refractivity contribution is -0.175. The Morgan fingerprint density at radius 1 is 1.12 bits per heavy atom. The molecule has 0 heterocycles. The second-order valence-corrected chi connectivity index (χ2v) is 9.15. The summed E-state index contributed by atoms with van der Waals surface area (Å²) in [4.78, 5) is 23.2. The van der Waals surface area contributed by atoms with E-state index >= 15 is 0 Å². The van der Waals surface area contributed by atoms with Gasteiger partial charge in [-0.25, -0.2) is 4.79 Å². The highest BCUT2D eigenvalue weighted by molar-refractivity contribution is 14.1. The molecule has 0 spiro atoms. The van der Waals surface area contributed by atoms with E-state index in [0.29, 0.717) is 29.2 Å². The number of carbonyl (C=O) groups is 2. The summed E-state index contributed by atoms with van der Waals surface area (Å²) in [6.07, 6.45) is -5.30. The zero-order chi connectivity index (χ0) is 24.1. The molecule has 1 amide bonds. The molecule has 174 valence electrons. The van der Waals surface area contributed by atoms with E-state index in [1.165, 1.54) is 7.11 Å². The standard InChI is InChI=1S/C20H17ClF3I2NO5/c1-30-16-8-12(21)4-3-11(16)9-32-17-13(25)5-10(6-14(17)26)7-15(18(28)31-2)27-19(29)20(22,23)24/h3-6,8,15H,7,9H2,1-2H3,(H,27,29). The summed E-state index contributed by atoms with van der Waals surface area (Å²) in [6, 6.07) is 6.98. The molecule has 1 atom stereocenters. The van der Waals surface area contributed by atoms with Crippen molar-refractivity contribution >= 4 is 68.7 Å². The first-order valence-electron chi connectivity index (χ1n) is 8.85. The van der Waals surface area contributed by atoms with Gasteiger partial charge in [-0.2, -0.15) is 13.2 Å². The average Bonchev–Trinajstić information content (AvgIpc) is 2.72. The molecular weight excluding hydrogens is 680 g/mol. The molecule has 2 aromatic carbocycles. The van der Waals surface area contributed by atoms with E-state index in [2.05, 4.69) is 4.74 Å². The minimum absolute atomic E-state index is 0.189. The van der Waals surface area contributed by atoms with Gasteiger partial charge >= 0.3 is 18.1 Å². The quantitative estimate of drug-likeness (QED) is 0.314. The van der Waals surface area contributed by atoms with E-state index in [4.69, 9.17) is 21.1 Å². The molecule has 6 nitrogen and oxygen atoms in total. The Bertz CT molecular complexity index is 981. The lowest BCUT2D eigenvalue weighted by atomic mass is 10.1. The summed E-state index contributed by atoms with van der Waals surface area (Å²) < 4.78 is 54.9. The highest BCUT2D eigenvalue weighted by Gasteiger charge is 2.41. The number of amides is 1. The van der Waals surface area contributed by atoms with Gasteiger partial charge in [0.25, 0.3) is 0 Å². The van der Waals surface area contributed by atoms with Gasteiger partial charge in [-0.1, -0.05) is 17.7 Å². The van der Waals surface area contributed by atoms with E-state index in [0.717, 1.165) is 12.7 Å².